The van der Waals surface area contributed by atoms with Gasteiger partial charge in [-0.1, -0.05) is 13.8 Å². The zero-order chi connectivity index (χ0) is 15.1. The molecule has 0 bridgehead atoms. The fraction of sp³-hybridized carbons (Fsp3) is 0.857. The molecule has 2 unspecified atom stereocenters. The monoisotopic (exact) mass is 303 g/mol. The minimum absolute atomic E-state index is 0.0548. The first-order valence-electron chi connectivity index (χ1n) is 7.03. The van der Waals surface area contributed by atoms with E-state index >= 15 is 0 Å². The fourth-order valence-corrected chi connectivity index (χ4v) is 2.30. The first kappa shape index (κ1) is 17.5. The summed E-state index contributed by atoms with van der Waals surface area (Å²) in [6.07, 6.45) is 2.33. The second kappa shape index (κ2) is 8.64. The normalized spacial score (nSPS) is 21.1. The van der Waals surface area contributed by atoms with Gasteiger partial charge in [0.15, 0.2) is 0 Å². The molecule has 0 spiro atoms. The van der Waals surface area contributed by atoms with E-state index in [1.54, 1.807) is 11.8 Å². The predicted octanol–water partition coefficient (Wildman–Crippen LogP) is 1.76. The van der Waals surface area contributed by atoms with E-state index in [1.807, 2.05) is 27.0 Å². The first-order chi connectivity index (χ1) is 9.47. The van der Waals surface area contributed by atoms with Crippen molar-refractivity contribution in [3.8, 4) is 0 Å². The molecule has 6 heteroatoms. The van der Waals surface area contributed by atoms with Gasteiger partial charge in [-0.2, -0.15) is 0 Å². The molecular formula is C14H25NO4S. The SMILES string of the molecule is CSC(C)OCCOCCN1C(=O)CC(C(C)C)C1=O. The van der Waals surface area contributed by atoms with Crippen LogP contribution in [0.1, 0.15) is 27.2 Å². The number of likely N-dealkylation sites (tertiary alicyclic amines) is 1. The van der Waals surface area contributed by atoms with Crippen molar-refractivity contribution in [3.05, 3.63) is 0 Å². The Morgan fingerprint density at radius 2 is 1.95 bits per heavy atom. The fourth-order valence-electron chi connectivity index (χ4n) is 2.06. The van der Waals surface area contributed by atoms with Crippen LogP contribution in [0.25, 0.3) is 0 Å². The van der Waals surface area contributed by atoms with Crippen molar-refractivity contribution in [2.45, 2.75) is 32.6 Å². The quantitative estimate of drug-likeness (QED) is 0.369. The summed E-state index contributed by atoms with van der Waals surface area (Å²) in [5.74, 6) is -0.0857. The summed E-state index contributed by atoms with van der Waals surface area (Å²) in [6.45, 7) is 7.66. The van der Waals surface area contributed by atoms with E-state index in [9.17, 15) is 9.59 Å². The molecule has 5 nitrogen and oxygen atoms in total. The van der Waals surface area contributed by atoms with Crippen LogP contribution in [0, 0.1) is 11.8 Å². The Hall–Kier alpha value is -0.590. The number of hydrogen-bond acceptors (Lipinski definition) is 5. The molecule has 0 aliphatic carbocycles. The number of carbonyl (C=O) groups is 2. The Labute approximate surface area is 125 Å². The largest absolute Gasteiger partial charge is 0.377 e. The molecule has 2 atom stereocenters. The van der Waals surface area contributed by atoms with Gasteiger partial charge >= 0.3 is 0 Å². The minimum atomic E-state index is -0.159. The molecule has 0 aromatic rings. The van der Waals surface area contributed by atoms with Crippen LogP contribution >= 0.6 is 11.8 Å². The van der Waals surface area contributed by atoms with Crippen LogP contribution in [0.15, 0.2) is 0 Å². The number of amides is 2. The molecule has 0 N–H and O–H groups in total. The van der Waals surface area contributed by atoms with Crippen LogP contribution in [0.5, 0.6) is 0 Å². The van der Waals surface area contributed by atoms with Crippen molar-refractivity contribution in [2.24, 2.45) is 11.8 Å². The summed E-state index contributed by atoms with van der Waals surface area (Å²) in [6, 6.07) is 0. The Balaban J connectivity index is 2.19. The number of carbonyl (C=O) groups excluding carboxylic acids is 2. The molecule has 0 aromatic heterocycles. The molecule has 20 heavy (non-hydrogen) atoms. The number of ether oxygens (including phenoxy) is 2. The molecule has 1 aliphatic rings. The number of imide groups is 1. The van der Waals surface area contributed by atoms with Gasteiger partial charge in [0.05, 0.1) is 31.8 Å². The van der Waals surface area contributed by atoms with E-state index in [2.05, 4.69) is 0 Å². The van der Waals surface area contributed by atoms with E-state index < -0.39 is 0 Å². The zero-order valence-electron chi connectivity index (χ0n) is 12.8. The molecular weight excluding hydrogens is 278 g/mol. The van der Waals surface area contributed by atoms with Gasteiger partial charge in [-0.3, -0.25) is 14.5 Å². The Kier molecular flexibility index (Phi) is 7.55. The zero-order valence-corrected chi connectivity index (χ0v) is 13.6. The van der Waals surface area contributed by atoms with Gasteiger partial charge in [0.1, 0.15) is 0 Å². The average Bonchev–Trinajstić information content (AvgIpc) is 2.69. The van der Waals surface area contributed by atoms with Crippen LogP contribution < -0.4 is 0 Å². The van der Waals surface area contributed by atoms with E-state index in [0.717, 1.165) is 0 Å². The van der Waals surface area contributed by atoms with Gasteiger partial charge in [-0.05, 0) is 19.1 Å². The Morgan fingerprint density at radius 3 is 2.50 bits per heavy atom. The van der Waals surface area contributed by atoms with Crippen molar-refractivity contribution in [1.29, 1.82) is 0 Å². The molecule has 1 fully saturated rings. The van der Waals surface area contributed by atoms with Crippen LogP contribution in [0.4, 0.5) is 0 Å². The smallest absolute Gasteiger partial charge is 0.233 e. The van der Waals surface area contributed by atoms with Crippen LogP contribution in [-0.4, -0.2) is 54.8 Å². The van der Waals surface area contributed by atoms with E-state index in [1.165, 1.54) is 4.90 Å². The highest BCUT2D eigenvalue weighted by Gasteiger charge is 2.39. The lowest BCUT2D eigenvalue weighted by molar-refractivity contribution is -0.140. The molecule has 1 saturated heterocycles. The Morgan fingerprint density at radius 1 is 1.25 bits per heavy atom. The number of hydrogen-bond donors (Lipinski definition) is 0. The van der Waals surface area contributed by atoms with Gasteiger partial charge in [0, 0.05) is 12.3 Å². The van der Waals surface area contributed by atoms with Gasteiger partial charge in [-0.15, -0.1) is 11.8 Å². The average molecular weight is 303 g/mol. The molecule has 116 valence electrons. The minimum Gasteiger partial charge on any atom is -0.377 e. The van der Waals surface area contributed by atoms with E-state index in [-0.39, 0.29) is 29.1 Å². The highest BCUT2D eigenvalue weighted by Crippen LogP contribution is 2.25. The van der Waals surface area contributed by atoms with E-state index in [0.29, 0.717) is 32.8 Å². The second-order valence-corrected chi connectivity index (χ2v) is 6.36. The summed E-state index contributed by atoms with van der Waals surface area (Å²) >= 11 is 1.64. The van der Waals surface area contributed by atoms with Crippen molar-refractivity contribution in [2.75, 3.05) is 32.6 Å². The molecule has 1 aliphatic heterocycles. The van der Waals surface area contributed by atoms with Gasteiger partial charge in [0.2, 0.25) is 11.8 Å². The lowest BCUT2D eigenvalue weighted by atomic mass is 9.94. The second-order valence-electron chi connectivity index (χ2n) is 5.22. The molecule has 2 amide bonds. The highest BCUT2D eigenvalue weighted by molar-refractivity contribution is 7.99. The van der Waals surface area contributed by atoms with Crippen molar-refractivity contribution >= 4 is 23.6 Å². The number of thioether (sulfide) groups is 1. The predicted molar refractivity (Wildman–Crippen MR) is 79.4 cm³/mol. The third-order valence-corrected chi connectivity index (χ3v) is 4.25. The highest BCUT2D eigenvalue weighted by atomic mass is 32.2. The van der Waals surface area contributed by atoms with Gasteiger partial charge < -0.3 is 9.47 Å². The molecule has 1 rings (SSSR count). The van der Waals surface area contributed by atoms with Gasteiger partial charge in [0.25, 0.3) is 0 Å². The first-order valence-corrected chi connectivity index (χ1v) is 8.32. The summed E-state index contributed by atoms with van der Waals surface area (Å²) in [5.41, 5.74) is 0.159. The molecule has 0 radical (unpaired) electrons. The Bertz CT molecular complexity index is 335. The lowest BCUT2D eigenvalue weighted by Gasteiger charge is -2.16. The molecule has 1 heterocycles. The van der Waals surface area contributed by atoms with Crippen LogP contribution in [0.2, 0.25) is 0 Å². The standard InChI is InChI=1S/C14H25NO4S/c1-10(2)12-9-13(16)15(14(12)17)5-6-18-7-8-19-11(3)20-4/h10-12H,5-9H2,1-4H3. The maximum atomic E-state index is 12.0. The van der Waals surface area contributed by atoms with Crippen molar-refractivity contribution in [3.63, 3.8) is 0 Å². The number of nitrogens with zero attached hydrogens (tertiary/aromatic N) is 1. The molecule has 0 saturated carbocycles. The summed E-state index contributed by atoms with van der Waals surface area (Å²) in [7, 11) is 0. The van der Waals surface area contributed by atoms with Crippen molar-refractivity contribution < 1.29 is 19.1 Å². The van der Waals surface area contributed by atoms with Crippen molar-refractivity contribution in [1.82, 2.24) is 4.90 Å². The lowest BCUT2D eigenvalue weighted by Crippen LogP contribution is -2.34. The summed E-state index contributed by atoms with van der Waals surface area (Å²) in [5, 5.41) is 0. The van der Waals surface area contributed by atoms with Crippen LogP contribution in [0.3, 0.4) is 0 Å². The third-order valence-electron chi connectivity index (χ3n) is 3.45. The topological polar surface area (TPSA) is 55.8 Å². The maximum Gasteiger partial charge on any atom is 0.233 e. The summed E-state index contributed by atoms with van der Waals surface area (Å²) in [4.78, 5) is 25.1. The third kappa shape index (κ3) is 5.07. The maximum absolute atomic E-state index is 12.0. The van der Waals surface area contributed by atoms with E-state index in [4.69, 9.17) is 9.47 Å². The number of rotatable bonds is 9. The molecule has 0 aromatic carbocycles. The summed E-state index contributed by atoms with van der Waals surface area (Å²) < 4.78 is 10.8. The van der Waals surface area contributed by atoms with Crippen LogP contribution in [-0.2, 0) is 19.1 Å². The van der Waals surface area contributed by atoms with Gasteiger partial charge in [-0.25, -0.2) is 0 Å².